The van der Waals surface area contributed by atoms with E-state index >= 15 is 0 Å². The van der Waals surface area contributed by atoms with Crippen LogP contribution < -0.4 is 0 Å². The Bertz CT molecular complexity index is 735. The van der Waals surface area contributed by atoms with Crippen molar-refractivity contribution in [1.82, 2.24) is 14.5 Å². The molecule has 0 fully saturated rings. The molecule has 3 aromatic rings. The summed E-state index contributed by atoms with van der Waals surface area (Å²) in [4.78, 5) is 10.2. The predicted octanol–water partition coefficient (Wildman–Crippen LogP) is 4.35. The zero-order valence-corrected chi connectivity index (χ0v) is 13.4. The number of halogens is 2. The number of aryl methyl sites for hydroxylation is 1. The van der Waals surface area contributed by atoms with Crippen molar-refractivity contribution in [2.75, 3.05) is 0 Å². The highest BCUT2D eigenvalue weighted by Crippen LogP contribution is 2.24. The minimum absolute atomic E-state index is 0.399. The van der Waals surface area contributed by atoms with E-state index in [0.29, 0.717) is 12.4 Å². The Morgan fingerprint density at radius 3 is 2.95 bits per heavy atom. The molecule has 3 nitrogen and oxygen atoms in total. The van der Waals surface area contributed by atoms with Crippen LogP contribution in [-0.2, 0) is 12.4 Å². The maximum absolute atomic E-state index is 6.00. The number of alkyl halides is 1. The third kappa shape index (κ3) is 2.55. The molecule has 0 aliphatic rings. The Morgan fingerprint density at radius 2 is 2.26 bits per heavy atom. The molecule has 1 aromatic carbocycles. The fourth-order valence-electron chi connectivity index (χ4n) is 2.03. The zero-order chi connectivity index (χ0) is 13.4. The maximum Gasteiger partial charge on any atom is 0.125 e. The lowest BCUT2D eigenvalue weighted by atomic mass is 10.3. The van der Waals surface area contributed by atoms with Crippen LogP contribution in [0.15, 0.2) is 28.9 Å². The number of thiazole rings is 1. The largest absolute Gasteiger partial charge is 0.320 e. The van der Waals surface area contributed by atoms with Crippen molar-refractivity contribution in [3.05, 3.63) is 44.6 Å². The number of benzene rings is 1. The Kier molecular flexibility index (Phi) is 3.60. The van der Waals surface area contributed by atoms with E-state index in [0.717, 1.165) is 26.3 Å². The first-order chi connectivity index (χ1) is 9.17. The summed E-state index contributed by atoms with van der Waals surface area (Å²) in [6.45, 7) is 2.78. The summed E-state index contributed by atoms with van der Waals surface area (Å²) in [7, 11) is 0. The van der Waals surface area contributed by atoms with Gasteiger partial charge in [0.05, 0.1) is 23.5 Å². The van der Waals surface area contributed by atoms with Gasteiger partial charge in [0, 0.05) is 15.5 Å². The maximum atomic E-state index is 6.00. The van der Waals surface area contributed by atoms with Gasteiger partial charge >= 0.3 is 0 Å². The topological polar surface area (TPSA) is 30.7 Å². The van der Waals surface area contributed by atoms with Crippen LogP contribution in [0.25, 0.3) is 11.0 Å². The number of nitrogens with zero attached hydrogens (tertiary/aromatic N) is 3. The molecule has 3 rings (SSSR count). The number of hydrogen-bond acceptors (Lipinski definition) is 3. The molecule has 19 heavy (non-hydrogen) atoms. The molecule has 0 atom stereocenters. The van der Waals surface area contributed by atoms with Crippen LogP contribution in [0.5, 0.6) is 0 Å². The van der Waals surface area contributed by atoms with E-state index < -0.39 is 0 Å². The molecule has 6 heteroatoms. The van der Waals surface area contributed by atoms with Crippen LogP contribution in [0.1, 0.15) is 15.7 Å². The monoisotopic (exact) mass is 355 g/mol. The third-order valence-corrected chi connectivity index (χ3v) is 4.50. The first-order valence-electron chi connectivity index (χ1n) is 5.79. The number of hydrogen-bond donors (Lipinski definition) is 0. The summed E-state index contributed by atoms with van der Waals surface area (Å²) in [5, 5.41) is 1.07. The molecule has 0 radical (unpaired) electrons. The summed E-state index contributed by atoms with van der Waals surface area (Å²) < 4.78 is 3.17. The molecule has 0 saturated carbocycles. The first-order valence-corrected chi connectivity index (χ1v) is 7.93. The van der Waals surface area contributed by atoms with Gasteiger partial charge in [0.1, 0.15) is 10.8 Å². The van der Waals surface area contributed by atoms with E-state index in [1.807, 2.05) is 18.3 Å². The quantitative estimate of drug-likeness (QED) is 0.653. The molecule has 2 aromatic heterocycles. The predicted molar refractivity (Wildman–Crippen MR) is 82.9 cm³/mol. The number of imidazole rings is 1. The summed E-state index contributed by atoms with van der Waals surface area (Å²) >= 11 is 11.2. The fourth-order valence-corrected chi connectivity index (χ4v) is 3.36. The summed E-state index contributed by atoms with van der Waals surface area (Å²) in [6, 6.07) is 6.06. The fraction of sp³-hybridized carbons (Fsp3) is 0.231. The van der Waals surface area contributed by atoms with Gasteiger partial charge in [0.2, 0.25) is 0 Å². The van der Waals surface area contributed by atoms with Gasteiger partial charge in [-0.15, -0.1) is 22.9 Å². The highest BCUT2D eigenvalue weighted by Gasteiger charge is 2.12. The van der Waals surface area contributed by atoms with E-state index in [9.17, 15) is 0 Å². The lowest BCUT2D eigenvalue weighted by Gasteiger charge is -2.05. The van der Waals surface area contributed by atoms with Crippen molar-refractivity contribution in [3.63, 3.8) is 0 Å². The van der Waals surface area contributed by atoms with E-state index in [4.69, 9.17) is 11.6 Å². The van der Waals surface area contributed by atoms with Crippen LogP contribution in [0.2, 0.25) is 0 Å². The van der Waals surface area contributed by atoms with Gasteiger partial charge < -0.3 is 4.57 Å². The highest BCUT2D eigenvalue weighted by atomic mass is 79.9. The van der Waals surface area contributed by atoms with Crippen molar-refractivity contribution < 1.29 is 0 Å². The van der Waals surface area contributed by atoms with Gasteiger partial charge in [-0.1, -0.05) is 15.9 Å². The molecule has 2 heterocycles. The van der Waals surface area contributed by atoms with Crippen molar-refractivity contribution in [2.45, 2.75) is 19.3 Å². The lowest BCUT2D eigenvalue weighted by Crippen LogP contribution is -2.03. The van der Waals surface area contributed by atoms with Crippen LogP contribution in [0, 0.1) is 6.92 Å². The second-order valence-corrected chi connectivity index (χ2v) is 6.75. The Balaban J connectivity index is 2.12. The smallest absolute Gasteiger partial charge is 0.125 e. The molecule has 0 aliphatic heterocycles. The molecule has 0 amide bonds. The average Bonchev–Trinajstić information content (AvgIpc) is 2.94. The van der Waals surface area contributed by atoms with Gasteiger partial charge in [-0.25, -0.2) is 9.97 Å². The lowest BCUT2D eigenvalue weighted by molar-refractivity contribution is 0.773. The molecule has 98 valence electrons. The van der Waals surface area contributed by atoms with Crippen molar-refractivity contribution in [1.29, 1.82) is 0 Å². The van der Waals surface area contributed by atoms with Gasteiger partial charge in [-0.2, -0.15) is 0 Å². The number of aromatic nitrogens is 3. The van der Waals surface area contributed by atoms with Gasteiger partial charge in [0.25, 0.3) is 0 Å². The van der Waals surface area contributed by atoms with E-state index in [-0.39, 0.29) is 0 Å². The molecule has 0 bridgehead atoms. The molecule has 0 spiro atoms. The molecule has 0 unspecified atom stereocenters. The summed E-state index contributed by atoms with van der Waals surface area (Å²) in [6.07, 6.45) is 1.90. The first kappa shape index (κ1) is 13.1. The molecule has 0 aliphatic carbocycles. The van der Waals surface area contributed by atoms with Gasteiger partial charge in [-0.05, 0) is 25.1 Å². The Hall–Kier alpha value is -0.910. The minimum Gasteiger partial charge on any atom is -0.320 e. The number of rotatable bonds is 3. The average molecular weight is 357 g/mol. The second kappa shape index (κ2) is 5.23. The second-order valence-electron chi connectivity index (χ2n) is 4.25. The van der Waals surface area contributed by atoms with Crippen LogP contribution in [0.4, 0.5) is 0 Å². The van der Waals surface area contributed by atoms with Gasteiger partial charge in [-0.3, -0.25) is 0 Å². The minimum atomic E-state index is 0.399. The standard InChI is InChI=1S/C13H11BrClN3S/c1-8-6-16-13(19-8)7-18-11-4-9(14)2-3-10(11)17-12(18)5-15/h2-4,6H,5,7H2,1H3. The van der Waals surface area contributed by atoms with Crippen molar-refractivity contribution >= 4 is 49.9 Å². The van der Waals surface area contributed by atoms with Crippen molar-refractivity contribution in [2.24, 2.45) is 0 Å². The van der Waals surface area contributed by atoms with E-state index in [1.54, 1.807) is 11.3 Å². The number of fused-ring (bicyclic) bond motifs is 1. The summed E-state index contributed by atoms with van der Waals surface area (Å²) in [5.74, 6) is 1.28. The molecule has 0 saturated heterocycles. The Morgan fingerprint density at radius 1 is 1.42 bits per heavy atom. The molecular weight excluding hydrogens is 346 g/mol. The summed E-state index contributed by atoms with van der Waals surface area (Å²) in [5.41, 5.74) is 2.05. The SMILES string of the molecule is Cc1cnc(Cn2c(CCl)nc3ccc(Br)cc32)s1. The highest BCUT2D eigenvalue weighted by molar-refractivity contribution is 9.10. The zero-order valence-electron chi connectivity index (χ0n) is 10.2. The van der Waals surface area contributed by atoms with E-state index in [2.05, 4.69) is 43.5 Å². The van der Waals surface area contributed by atoms with Crippen LogP contribution in [-0.4, -0.2) is 14.5 Å². The van der Waals surface area contributed by atoms with Crippen LogP contribution in [0.3, 0.4) is 0 Å². The van der Waals surface area contributed by atoms with Crippen molar-refractivity contribution in [3.8, 4) is 0 Å². The normalized spacial score (nSPS) is 11.3. The van der Waals surface area contributed by atoms with E-state index in [1.165, 1.54) is 4.88 Å². The Labute approximate surface area is 128 Å². The third-order valence-electron chi connectivity index (χ3n) is 2.87. The van der Waals surface area contributed by atoms with Crippen LogP contribution >= 0.6 is 38.9 Å². The van der Waals surface area contributed by atoms with Gasteiger partial charge in [0.15, 0.2) is 0 Å². The molecule has 0 N–H and O–H groups in total. The molecular formula is C13H11BrClN3S.